The van der Waals surface area contributed by atoms with Crippen LogP contribution in [0.1, 0.15) is 32.6 Å². The minimum atomic E-state index is -3.27. The summed E-state index contributed by atoms with van der Waals surface area (Å²) in [6, 6.07) is 5.12. The Kier molecular flexibility index (Phi) is 3.27. The van der Waals surface area contributed by atoms with E-state index in [-0.39, 0.29) is 10.4 Å². The van der Waals surface area contributed by atoms with Gasteiger partial charge >= 0.3 is 0 Å². The van der Waals surface area contributed by atoms with Crippen LogP contribution in [0.15, 0.2) is 23.1 Å². The molecule has 0 aliphatic heterocycles. The summed E-state index contributed by atoms with van der Waals surface area (Å²) in [6.07, 6.45) is 5.77. The van der Waals surface area contributed by atoms with Crippen molar-refractivity contribution in [2.24, 2.45) is 0 Å². The predicted octanol–water partition coefficient (Wildman–Crippen LogP) is 2.42. The summed E-state index contributed by atoms with van der Waals surface area (Å²) in [5.41, 5.74) is 7.05. The van der Waals surface area contributed by atoms with Gasteiger partial charge in [-0.2, -0.15) is 0 Å². The molecule has 1 aromatic carbocycles. The third-order valence-electron chi connectivity index (χ3n) is 3.61. The van der Waals surface area contributed by atoms with Gasteiger partial charge < -0.3 is 11.1 Å². The van der Waals surface area contributed by atoms with Gasteiger partial charge in [-0.05, 0) is 31.9 Å². The van der Waals surface area contributed by atoms with Gasteiger partial charge in [-0.25, -0.2) is 8.42 Å². The Balaban J connectivity index is 2.35. The highest BCUT2D eigenvalue weighted by Gasteiger charge is 2.29. The molecule has 100 valence electrons. The van der Waals surface area contributed by atoms with E-state index in [0.717, 1.165) is 18.5 Å². The van der Waals surface area contributed by atoms with Gasteiger partial charge in [0.15, 0.2) is 9.84 Å². The molecule has 1 fully saturated rings. The Morgan fingerprint density at radius 3 is 2.44 bits per heavy atom. The van der Waals surface area contributed by atoms with Gasteiger partial charge in [0.25, 0.3) is 0 Å². The summed E-state index contributed by atoms with van der Waals surface area (Å²) >= 11 is 0. The van der Waals surface area contributed by atoms with Crippen molar-refractivity contribution in [3.05, 3.63) is 18.2 Å². The van der Waals surface area contributed by atoms with Crippen molar-refractivity contribution < 1.29 is 8.42 Å². The van der Waals surface area contributed by atoms with Crippen molar-refractivity contribution in [1.29, 1.82) is 0 Å². The maximum Gasteiger partial charge on any atom is 0.177 e. The number of nitrogen functional groups attached to an aromatic ring is 1. The first-order valence-corrected chi connectivity index (χ1v) is 8.08. The van der Waals surface area contributed by atoms with E-state index >= 15 is 0 Å². The van der Waals surface area contributed by atoms with Gasteiger partial charge in [-0.3, -0.25) is 0 Å². The molecule has 4 nitrogen and oxygen atoms in total. The minimum Gasteiger partial charge on any atom is -0.396 e. The summed E-state index contributed by atoms with van der Waals surface area (Å²) in [7, 11) is -3.27. The van der Waals surface area contributed by atoms with Crippen molar-refractivity contribution in [3.63, 3.8) is 0 Å². The summed E-state index contributed by atoms with van der Waals surface area (Å²) in [6.45, 7) is 2.16. The molecule has 0 amide bonds. The number of para-hydroxylation sites is 1. The molecule has 5 heteroatoms. The fraction of sp³-hybridized carbons (Fsp3) is 0.538. The highest BCUT2D eigenvalue weighted by atomic mass is 32.2. The average Bonchev–Trinajstić information content (AvgIpc) is 2.67. The molecule has 0 spiro atoms. The summed E-state index contributed by atoms with van der Waals surface area (Å²) in [5.74, 6) is 0. The normalized spacial score (nSPS) is 18.8. The maximum absolute atomic E-state index is 11.6. The van der Waals surface area contributed by atoms with E-state index < -0.39 is 9.84 Å². The lowest BCUT2D eigenvalue weighted by molar-refractivity contribution is 0.533. The molecule has 1 aliphatic carbocycles. The van der Waals surface area contributed by atoms with Crippen molar-refractivity contribution in [2.75, 3.05) is 17.3 Å². The number of benzene rings is 1. The fourth-order valence-electron chi connectivity index (χ4n) is 2.58. The Morgan fingerprint density at radius 1 is 1.28 bits per heavy atom. The van der Waals surface area contributed by atoms with E-state index in [0.29, 0.717) is 5.69 Å². The summed E-state index contributed by atoms with van der Waals surface area (Å²) < 4.78 is 23.2. The van der Waals surface area contributed by atoms with Gasteiger partial charge in [0.05, 0.1) is 16.3 Å². The maximum atomic E-state index is 11.6. The molecule has 0 heterocycles. The number of sulfone groups is 1. The monoisotopic (exact) mass is 268 g/mol. The van der Waals surface area contributed by atoms with Crippen LogP contribution in [0.25, 0.3) is 0 Å². The Hall–Kier alpha value is -1.23. The molecule has 18 heavy (non-hydrogen) atoms. The third kappa shape index (κ3) is 2.61. The Bertz CT molecular complexity index is 546. The molecule has 3 N–H and O–H groups in total. The number of hydrogen-bond donors (Lipinski definition) is 2. The molecule has 0 bridgehead atoms. The van der Waals surface area contributed by atoms with E-state index in [1.165, 1.54) is 19.1 Å². The second-order valence-corrected chi connectivity index (χ2v) is 7.37. The number of rotatable bonds is 3. The molecule has 0 aromatic heterocycles. The van der Waals surface area contributed by atoms with E-state index in [2.05, 4.69) is 12.2 Å². The Labute approximate surface area is 108 Å². The lowest BCUT2D eigenvalue weighted by Gasteiger charge is -2.28. The minimum absolute atomic E-state index is 0.0320. The number of nitrogens with two attached hydrogens (primary N) is 1. The summed E-state index contributed by atoms with van der Waals surface area (Å²) in [5, 5.41) is 3.41. The van der Waals surface area contributed by atoms with Gasteiger partial charge in [0.2, 0.25) is 0 Å². The first kappa shape index (κ1) is 13.2. The number of hydrogen-bond acceptors (Lipinski definition) is 4. The highest BCUT2D eigenvalue weighted by molar-refractivity contribution is 7.90. The van der Waals surface area contributed by atoms with Crippen LogP contribution < -0.4 is 11.1 Å². The molecule has 0 saturated heterocycles. The molecule has 1 aliphatic rings. The van der Waals surface area contributed by atoms with Crippen molar-refractivity contribution >= 4 is 21.2 Å². The number of nitrogens with one attached hydrogen (secondary N) is 1. The molecule has 1 saturated carbocycles. The smallest absolute Gasteiger partial charge is 0.177 e. The zero-order chi connectivity index (χ0) is 13.4. The van der Waals surface area contributed by atoms with E-state index in [9.17, 15) is 8.42 Å². The number of anilines is 2. The van der Waals surface area contributed by atoms with Crippen LogP contribution in [0.3, 0.4) is 0 Å². The van der Waals surface area contributed by atoms with E-state index in [4.69, 9.17) is 5.73 Å². The molecule has 1 aromatic rings. The van der Waals surface area contributed by atoms with Gasteiger partial charge in [-0.15, -0.1) is 0 Å². The summed E-state index contributed by atoms with van der Waals surface area (Å²) in [4.78, 5) is 0.203. The standard InChI is InChI=1S/C13H20N2O2S/c1-13(8-3-4-9-13)15-10-6-5-7-11(12(10)14)18(2,16)17/h5-7,15H,3-4,8-9,14H2,1-2H3. The van der Waals surface area contributed by atoms with Gasteiger partial charge in [0.1, 0.15) is 0 Å². The van der Waals surface area contributed by atoms with E-state index in [1.54, 1.807) is 12.1 Å². The second kappa shape index (κ2) is 4.46. The third-order valence-corrected chi connectivity index (χ3v) is 4.76. The predicted molar refractivity (Wildman–Crippen MR) is 74.5 cm³/mol. The quantitative estimate of drug-likeness (QED) is 0.826. The topological polar surface area (TPSA) is 72.2 Å². The molecule has 0 atom stereocenters. The van der Waals surface area contributed by atoms with Crippen LogP contribution >= 0.6 is 0 Å². The van der Waals surface area contributed by atoms with Crippen LogP contribution in [-0.2, 0) is 9.84 Å². The fourth-order valence-corrected chi connectivity index (χ4v) is 3.42. The molecule has 0 unspecified atom stereocenters. The first-order chi connectivity index (χ1) is 8.32. The second-order valence-electron chi connectivity index (χ2n) is 5.38. The largest absolute Gasteiger partial charge is 0.396 e. The highest BCUT2D eigenvalue weighted by Crippen LogP contribution is 2.35. The zero-order valence-corrected chi connectivity index (χ0v) is 11.7. The van der Waals surface area contributed by atoms with Crippen LogP contribution in [0.5, 0.6) is 0 Å². The first-order valence-electron chi connectivity index (χ1n) is 6.19. The van der Waals surface area contributed by atoms with Gasteiger partial charge in [-0.1, -0.05) is 18.9 Å². The van der Waals surface area contributed by atoms with Crippen LogP contribution in [0.4, 0.5) is 11.4 Å². The Morgan fingerprint density at radius 2 is 1.89 bits per heavy atom. The lowest BCUT2D eigenvalue weighted by Crippen LogP contribution is -2.31. The molecule has 2 rings (SSSR count). The van der Waals surface area contributed by atoms with E-state index in [1.807, 2.05) is 6.07 Å². The molecule has 0 radical (unpaired) electrons. The SMILES string of the molecule is CC1(Nc2cccc(S(C)(=O)=O)c2N)CCCC1. The van der Waals surface area contributed by atoms with Crippen molar-refractivity contribution in [1.82, 2.24) is 0 Å². The van der Waals surface area contributed by atoms with Gasteiger partial charge in [0, 0.05) is 11.8 Å². The van der Waals surface area contributed by atoms with Crippen LogP contribution in [0, 0.1) is 0 Å². The molecular weight excluding hydrogens is 248 g/mol. The molecular formula is C13H20N2O2S. The average molecular weight is 268 g/mol. The zero-order valence-electron chi connectivity index (χ0n) is 10.9. The van der Waals surface area contributed by atoms with Crippen molar-refractivity contribution in [3.8, 4) is 0 Å². The lowest BCUT2D eigenvalue weighted by atomic mass is 10.00. The van der Waals surface area contributed by atoms with Crippen LogP contribution in [-0.4, -0.2) is 20.2 Å². The van der Waals surface area contributed by atoms with Crippen LogP contribution in [0.2, 0.25) is 0 Å². The van der Waals surface area contributed by atoms with Crippen molar-refractivity contribution in [2.45, 2.75) is 43.0 Å².